The average molecular weight is 295 g/mol. The normalized spacial score (nSPS) is 12.6. The molecule has 0 saturated heterocycles. The monoisotopic (exact) mass is 295 g/mol. The van der Waals surface area contributed by atoms with E-state index in [1.54, 1.807) is 4.90 Å². The minimum absolute atomic E-state index is 0.131. The van der Waals surface area contributed by atoms with E-state index in [-0.39, 0.29) is 12.0 Å². The van der Waals surface area contributed by atoms with Gasteiger partial charge in [-0.15, -0.1) is 0 Å². The van der Waals surface area contributed by atoms with Crippen LogP contribution in [0.3, 0.4) is 0 Å². The van der Waals surface area contributed by atoms with Gasteiger partial charge in [-0.25, -0.2) is 4.79 Å². The lowest BCUT2D eigenvalue weighted by molar-refractivity contribution is 0.103. The van der Waals surface area contributed by atoms with Crippen molar-refractivity contribution in [2.24, 2.45) is 0 Å². The molecule has 0 atom stereocenters. The molecule has 1 aliphatic rings. The Bertz CT molecular complexity index is 631. The maximum atomic E-state index is 12.1. The Morgan fingerprint density at radius 1 is 0.955 bits per heavy atom. The van der Waals surface area contributed by atoms with Crippen LogP contribution in [0.4, 0.5) is 4.79 Å². The van der Waals surface area contributed by atoms with E-state index in [1.165, 1.54) is 22.3 Å². The average Bonchev–Trinajstić information content (AvgIpc) is 2.88. The number of benzene rings is 2. The second kappa shape index (κ2) is 6.22. The number of fused-ring (bicyclic) bond motifs is 3. The number of carbonyl (C=O) groups is 1. The summed E-state index contributed by atoms with van der Waals surface area (Å²) in [4.78, 5) is 13.8. The molecule has 0 radical (unpaired) electrons. The fourth-order valence-corrected chi connectivity index (χ4v) is 3.17. The molecule has 1 aliphatic carbocycles. The summed E-state index contributed by atoms with van der Waals surface area (Å²) in [5.41, 5.74) is 5.00. The van der Waals surface area contributed by atoms with Gasteiger partial charge in [0.1, 0.15) is 6.61 Å². The Hall–Kier alpha value is -2.29. The van der Waals surface area contributed by atoms with Crippen molar-refractivity contribution in [3.8, 4) is 11.1 Å². The molecule has 22 heavy (non-hydrogen) atoms. The van der Waals surface area contributed by atoms with Crippen LogP contribution in [0.5, 0.6) is 0 Å². The summed E-state index contributed by atoms with van der Waals surface area (Å²) in [6.45, 7) is 5.67. The number of rotatable bonds is 4. The topological polar surface area (TPSA) is 29.5 Å². The first-order valence-electron chi connectivity index (χ1n) is 7.86. The Kier molecular flexibility index (Phi) is 4.14. The molecule has 0 spiro atoms. The van der Waals surface area contributed by atoms with Crippen molar-refractivity contribution < 1.29 is 9.53 Å². The molecule has 0 N–H and O–H groups in total. The van der Waals surface area contributed by atoms with Crippen molar-refractivity contribution in [2.75, 3.05) is 19.7 Å². The van der Waals surface area contributed by atoms with Gasteiger partial charge < -0.3 is 9.64 Å². The Morgan fingerprint density at radius 2 is 1.45 bits per heavy atom. The summed E-state index contributed by atoms with van der Waals surface area (Å²) in [5.74, 6) is 0.131. The van der Waals surface area contributed by atoms with Crippen LogP contribution in [-0.2, 0) is 4.74 Å². The van der Waals surface area contributed by atoms with Gasteiger partial charge in [-0.05, 0) is 36.1 Å². The van der Waals surface area contributed by atoms with E-state index < -0.39 is 0 Å². The molecule has 3 rings (SSSR count). The molecule has 0 fully saturated rings. The highest BCUT2D eigenvalue weighted by molar-refractivity contribution is 5.79. The van der Waals surface area contributed by atoms with Crippen LogP contribution in [0.2, 0.25) is 0 Å². The van der Waals surface area contributed by atoms with Gasteiger partial charge in [-0.1, -0.05) is 48.5 Å². The van der Waals surface area contributed by atoms with Gasteiger partial charge in [0.2, 0.25) is 0 Å². The SMILES string of the molecule is CCN(CC)C(=O)OCC1c2ccccc2-c2ccccc21. The molecule has 114 valence electrons. The van der Waals surface area contributed by atoms with Gasteiger partial charge >= 0.3 is 6.09 Å². The first-order chi connectivity index (χ1) is 10.8. The predicted octanol–water partition coefficient (Wildman–Crippen LogP) is 4.28. The van der Waals surface area contributed by atoms with Crippen molar-refractivity contribution in [3.63, 3.8) is 0 Å². The third-order valence-electron chi connectivity index (χ3n) is 4.36. The van der Waals surface area contributed by atoms with Gasteiger partial charge in [0.25, 0.3) is 0 Å². The van der Waals surface area contributed by atoms with Gasteiger partial charge in [0, 0.05) is 19.0 Å². The fraction of sp³-hybridized carbons (Fsp3) is 0.316. The van der Waals surface area contributed by atoms with E-state index in [0.29, 0.717) is 19.7 Å². The van der Waals surface area contributed by atoms with E-state index in [9.17, 15) is 4.79 Å². The summed E-state index contributed by atoms with van der Waals surface area (Å²) in [6, 6.07) is 16.7. The zero-order valence-corrected chi connectivity index (χ0v) is 13.1. The second-order valence-corrected chi connectivity index (χ2v) is 5.48. The van der Waals surface area contributed by atoms with E-state index in [0.717, 1.165) is 0 Å². The van der Waals surface area contributed by atoms with Crippen LogP contribution in [-0.4, -0.2) is 30.7 Å². The summed E-state index contributed by atoms with van der Waals surface area (Å²) < 4.78 is 5.57. The molecule has 3 nitrogen and oxygen atoms in total. The molecule has 0 bridgehead atoms. The van der Waals surface area contributed by atoms with E-state index >= 15 is 0 Å². The van der Waals surface area contributed by atoms with E-state index in [4.69, 9.17) is 4.74 Å². The van der Waals surface area contributed by atoms with Crippen molar-refractivity contribution in [1.82, 2.24) is 4.90 Å². The number of hydrogen-bond acceptors (Lipinski definition) is 2. The highest BCUT2D eigenvalue weighted by Gasteiger charge is 2.29. The number of carbonyl (C=O) groups excluding carboxylic acids is 1. The van der Waals surface area contributed by atoms with Gasteiger partial charge in [-0.2, -0.15) is 0 Å². The third-order valence-corrected chi connectivity index (χ3v) is 4.36. The maximum Gasteiger partial charge on any atom is 0.409 e. The van der Waals surface area contributed by atoms with Crippen LogP contribution >= 0.6 is 0 Å². The third kappa shape index (κ3) is 2.47. The van der Waals surface area contributed by atoms with Crippen LogP contribution in [0.25, 0.3) is 11.1 Å². The lowest BCUT2D eigenvalue weighted by Gasteiger charge is -2.20. The standard InChI is InChI=1S/C19H21NO2/c1-3-20(4-2)19(21)22-13-18-16-11-7-5-9-14(16)15-10-6-8-12-17(15)18/h5-12,18H,3-4,13H2,1-2H3. The molecule has 1 amide bonds. The number of nitrogens with zero attached hydrogens (tertiary/aromatic N) is 1. The van der Waals surface area contributed by atoms with Crippen LogP contribution in [0.15, 0.2) is 48.5 Å². The van der Waals surface area contributed by atoms with Gasteiger partial charge in [0.05, 0.1) is 0 Å². The summed E-state index contributed by atoms with van der Waals surface area (Å²) in [5, 5.41) is 0. The van der Waals surface area contributed by atoms with E-state index in [1.807, 2.05) is 26.0 Å². The molecule has 3 heteroatoms. The smallest absolute Gasteiger partial charge is 0.409 e. The Balaban J connectivity index is 1.84. The van der Waals surface area contributed by atoms with Crippen LogP contribution in [0, 0.1) is 0 Å². The Morgan fingerprint density at radius 3 is 1.95 bits per heavy atom. The number of amides is 1. The second-order valence-electron chi connectivity index (χ2n) is 5.48. The molecule has 0 aliphatic heterocycles. The lowest BCUT2D eigenvalue weighted by Crippen LogP contribution is -2.32. The summed E-state index contributed by atoms with van der Waals surface area (Å²) >= 11 is 0. The number of ether oxygens (including phenoxy) is 1. The molecule has 2 aromatic carbocycles. The molecular formula is C19H21NO2. The minimum atomic E-state index is -0.230. The molecule has 0 aromatic heterocycles. The van der Waals surface area contributed by atoms with Crippen molar-refractivity contribution >= 4 is 6.09 Å². The first-order valence-corrected chi connectivity index (χ1v) is 7.86. The summed E-state index contributed by atoms with van der Waals surface area (Å²) in [6.07, 6.45) is -0.230. The fourth-order valence-electron chi connectivity index (χ4n) is 3.17. The highest BCUT2D eigenvalue weighted by atomic mass is 16.6. The molecular weight excluding hydrogens is 274 g/mol. The van der Waals surface area contributed by atoms with E-state index in [2.05, 4.69) is 36.4 Å². The highest BCUT2D eigenvalue weighted by Crippen LogP contribution is 2.44. The lowest BCUT2D eigenvalue weighted by atomic mass is 9.98. The van der Waals surface area contributed by atoms with Crippen LogP contribution < -0.4 is 0 Å². The quantitative estimate of drug-likeness (QED) is 0.842. The maximum absolute atomic E-state index is 12.1. The number of hydrogen-bond donors (Lipinski definition) is 0. The zero-order chi connectivity index (χ0) is 15.5. The predicted molar refractivity (Wildman–Crippen MR) is 88.0 cm³/mol. The largest absolute Gasteiger partial charge is 0.448 e. The Labute approximate surface area is 131 Å². The molecule has 0 saturated carbocycles. The summed E-state index contributed by atoms with van der Waals surface area (Å²) in [7, 11) is 0. The molecule has 2 aromatic rings. The van der Waals surface area contributed by atoms with Gasteiger partial charge in [-0.3, -0.25) is 0 Å². The molecule has 0 unspecified atom stereocenters. The first kappa shape index (κ1) is 14.6. The van der Waals surface area contributed by atoms with Crippen LogP contribution in [0.1, 0.15) is 30.9 Å². The zero-order valence-electron chi connectivity index (χ0n) is 13.1. The van der Waals surface area contributed by atoms with Gasteiger partial charge in [0.15, 0.2) is 0 Å². The minimum Gasteiger partial charge on any atom is -0.448 e. The molecule has 0 heterocycles. The van der Waals surface area contributed by atoms with Crippen molar-refractivity contribution in [2.45, 2.75) is 19.8 Å². The van der Waals surface area contributed by atoms with Crippen molar-refractivity contribution in [1.29, 1.82) is 0 Å². The van der Waals surface area contributed by atoms with Crippen molar-refractivity contribution in [3.05, 3.63) is 59.7 Å².